The van der Waals surface area contributed by atoms with E-state index in [4.69, 9.17) is 10.5 Å². The van der Waals surface area contributed by atoms with Gasteiger partial charge in [-0.3, -0.25) is 5.73 Å². The average Bonchev–Trinajstić information content (AvgIpc) is 3.11. The van der Waals surface area contributed by atoms with E-state index >= 15 is 0 Å². The van der Waals surface area contributed by atoms with Gasteiger partial charge in [0.15, 0.2) is 6.23 Å². The van der Waals surface area contributed by atoms with Crippen molar-refractivity contribution in [1.82, 2.24) is 9.55 Å². The third-order valence-corrected chi connectivity index (χ3v) is 5.18. The summed E-state index contributed by atoms with van der Waals surface area (Å²) in [6, 6.07) is 11.1. The number of hydrogen-bond donors (Lipinski definition) is 1. The van der Waals surface area contributed by atoms with E-state index in [1.54, 1.807) is 29.0 Å². The Morgan fingerprint density at radius 3 is 2.63 bits per heavy atom. The van der Waals surface area contributed by atoms with Gasteiger partial charge in [-0.1, -0.05) is 12.1 Å². The lowest BCUT2D eigenvalue weighted by Crippen LogP contribution is -2.30. The van der Waals surface area contributed by atoms with Crippen LogP contribution < -0.4 is 10.5 Å². The average molecular weight is 491 g/mol. The van der Waals surface area contributed by atoms with Gasteiger partial charge in [-0.15, -0.1) is 0 Å². The number of alkyl halides is 3. The number of halogens is 5. The number of nitrogens with zero attached hydrogens (tertiary/aromatic N) is 2. The smallest absolute Gasteiger partial charge is 0.438 e. The fraction of sp³-hybridized carbons (Fsp3) is 0.167. The number of pyridine rings is 1. The second-order valence-electron chi connectivity index (χ2n) is 7.68. The first-order valence-corrected chi connectivity index (χ1v) is 10.2. The number of carbonyl (C=O) groups excluding carboxylic acids is 1. The van der Waals surface area contributed by atoms with Crippen LogP contribution in [0.15, 0.2) is 60.9 Å². The van der Waals surface area contributed by atoms with Gasteiger partial charge in [0, 0.05) is 41.0 Å². The summed E-state index contributed by atoms with van der Waals surface area (Å²) in [6.45, 7) is 1.97. The molecule has 11 heteroatoms. The molecule has 0 aliphatic carbocycles. The van der Waals surface area contributed by atoms with Gasteiger partial charge in [0.1, 0.15) is 17.4 Å². The van der Waals surface area contributed by atoms with Gasteiger partial charge in [-0.2, -0.15) is 13.2 Å². The molecule has 0 aliphatic heterocycles. The molecule has 1 unspecified atom stereocenters. The van der Waals surface area contributed by atoms with Crippen molar-refractivity contribution >= 4 is 16.9 Å². The third kappa shape index (κ3) is 5.24. The number of esters is 1. The predicted molar refractivity (Wildman–Crippen MR) is 116 cm³/mol. The number of ether oxygens (including phenoxy) is 2. The van der Waals surface area contributed by atoms with Gasteiger partial charge in [0.25, 0.3) is 0 Å². The number of rotatable bonds is 6. The van der Waals surface area contributed by atoms with Crippen molar-refractivity contribution in [2.75, 3.05) is 0 Å². The molecule has 0 spiro atoms. The fourth-order valence-corrected chi connectivity index (χ4v) is 3.59. The zero-order valence-corrected chi connectivity index (χ0v) is 18.1. The van der Waals surface area contributed by atoms with E-state index < -0.39 is 30.0 Å². The summed E-state index contributed by atoms with van der Waals surface area (Å²) in [4.78, 5) is 15.1. The Kier molecular flexibility index (Phi) is 6.44. The summed E-state index contributed by atoms with van der Waals surface area (Å²) in [6.07, 6.45) is -3.82. The maximum Gasteiger partial charge on any atom is 0.490 e. The van der Waals surface area contributed by atoms with Crippen LogP contribution in [0, 0.1) is 18.6 Å². The van der Waals surface area contributed by atoms with Crippen molar-refractivity contribution in [2.24, 2.45) is 5.73 Å². The minimum Gasteiger partial charge on any atom is -0.438 e. The van der Waals surface area contributed by atoms with Gasteiger partial charge >= 0.3 is 12.1 Å². The SMILES string of the molecule is Cc1cn(Cc2ccc(F)cc2F)c2cccc(Oc3cc(C(N)OC(=O)C(F)(F)F)ccn3)c12. The molecule has 2 heterocycles. The van der Waals surface area contributed by atoms with Crippen LogP contribution in [0.1, 0.15) is 22.9 Å². The van der Waals surface area contributed by atoms with Crippen molar-refractivity contribution in [3.63, 3.8) is 0 Å². The molecule has 2 N–H and O–H groups in total. The molecule has 2 aromatic heterocycles. The molecule has 4 aromatic rings. The quantitative estimate of drug-likeness (QED) is 0.218. The second kappa shape index (κ2) is 9.34. The molecule has 182 valence electrons. The Bertz CT molecular complexity index is 1400. The summed E-state index contributed by atoms with van der Waals surface area (Å²) in [5, 5.41) is 0.690. The monoisotopic (exact) mass is 491 g/mol. The molecule has 0 amide bonds. The molecule has 4 rings (SSSR count). The topological polar surface area (TPSA) is 79.4 Å². The Balaban J connectivity index is 1.61. The molecular weight excluding hydrogens is 473 g/mol. The minimum atomic E-state index is -5.18. The zero-order chi connectivity index (χ0) is 25.3. The number of carbonyl (C=O) groups is 1. The number of nitrogens with two attached hydrogens (primary N) is 1. The summed E-state index contributed by atoms with van der Waals surface area (Å²) >= 11 is 0. The van der Waals surface area contributed by atoms with E-state index in [2.05, 4.69) is 9.72 Å². The first kappa shape index (κ1) is 24.1. The molecule has 0 fully saturated rings. The molecule has 1 atom stereocenters. The van der Waals surface area contributed by atoms with E-state index in [0.717, 1.165) is 11.6 Å². The number of aromatic nitrogens is 2. The van der Waals surface area contributed by atoms with Gasteiger partial charge in [-0.25, -0.2) is 18.6 Å². The number of fused-ring (bicyclic) bond motifs is 1. The first-order valence-electron chi connectivity index (χ1n) is 10.2. The van der Waals surface area contributed by atoms with E-state index in [1.165, 1.54) is 30.5 Å². The van der Waals surface area contributed by atoms with Crippen molar-refractivity contribution in [1.29, 1.82) is 0 Å². The van der Waals surface area contributed by atoms with Crippen LogP contribution in [-0.4, -0.2) is 21.7 Å². The van der Waals surface area contributed by atoms with Crippen LogP contribution in [-0.2, 0) is 16.1 Å². The van der Waals surface area contributed by atoms with Crippen molar-refractivity contribution in [3.05, 3.63) is 89.2 Å². The van der Waals surface area contributed by atoms with Gasteiger partial charge in [-0.05, 0) is 36.8 Å². The maximum absolute atomic E-state index is 14.2. The molecule has 0 radical (unpaired) electrons. The highest BCUT2D eigenvalue weighted by Crippen LogP contribution is 2.34. The molecular formula is C24H18F5N3O3. The Hall–Kier alpha value is -3.99. The van der Waals surface area contributed by atoms with Crippen molar-refractivity contribution in [3.8, 4) is 11.6 Å². The summed E-state index contributed by atoms with van der Waals surface area (Å²) in [5.41, 5.74) is 7.42. The predicted octanol–water partition coefficient (Wildman–Crippen LogP) is 5.53. The van der Waals surface area contributed by atoms with Crippen molar-refractivity contribution in [2.45, 2.75) is 25.9 Å². The summed E-state index contributed by atoms with van der Waals surface area (Å²) in [5.74, 6) is -3.36. The van der Waals surface area contributed by atoms with Crippen LogP contribution in [0.3, 0.4) is 0 Å². The fourth-order valence-electron chi connectivity index (χ4n) is 3.59. The highest BCUT2D eigenvalue weighted by molar-refractivity contribution is 5.90. The van der Waals surface area contributed by atoms with E-state index in [-0.39, 0.29) is 18.0 Å². The van der Waals surface area contributed by atoms with Gasteiger partial charge in [0.2, 0.25) is 5.88 Å². The normalized spacial score (nSPS) is 12.5. The van der Waals surface area contributed by atoms with Crippen LogP contribution in [0.25, 0.3) is 10.9 Å². The summed E-state index contributed by atoms with van der Waals surface area (Å²) in [7, 11) is 0. The van der Waals surface area contributed by atoms with Crippen LogP contribution in [0.5, 0.6) is 11.6 Å². The summed E-state index contributed by atoms with van der Waals surface area (Å²) < 4.78 is 76.7. The standard InChI is InChI=1S/C24H18F5N3O3/c1-13-11-32(12-15-5-6-16(25)10-17(15)26)18-3-2-4-19(21(13)18)34-20-9-14(7-8-31-20)22(30)35-23(33)24(27,28)29/h2-11,22H,12,30H2,1H3. The Morgan fingerprint density at radius 1 is 1.14 bits per heavy atom. The Labute approximate surface area is 195 Å². The Morgan fingerprint density at radius 2 is 1.91 bits per heavy atom. The molecule has 0 saturated heterocycles. The molecule has 0 aliphatic rings. The van der Waals surface area contributed by atoms with Crippen LogP contribution >= 0.6 is 0 Å². The maximum atomic E-state index is 14.2. The number of benzene rings is 2. The molecule has 0 saturated carbocycles. The lowest BCUT2D eigenvalue weighted by molar-refractivity contribution is -0.205. The van der Waals surface area contributed by atoms with Gasteiger partial charge in [0.05, 0.1) is 12.1 Å². The van der Waals surface area contributed by atoms with Crippen molar-refractivity contribution < 1.29 is 36.2 Å². The van der Waals surface area contributed by atoms with Crippen LogP contribution in [0.2, 0.25) is 0 Å². The largest absolute Gasteiger partial charge is 0.490 e. The first-order chi connectivity index (χ1) is 16.5. The minimum absolute atomic E-state index is 0.00485. The molecule has 2 aromatic carbocycles. The van der Waals surface area contributed by atoms with E-state index in [9.17, 15) is 26.7 Å². The lowest BCUT2D eigenvalue weighted by Gasteiger charge is -2.15. The van der Waals surface area contributed by atoms with Crippen LogP contribution in [0.4, 0.5) is 22.0 Å². The molecule has 35 heavy (non-hydrogen) atoms. The molecule has 6 nitrogen and oxygen atoms in total. The molecule has 0 bridgehead atoms. The second-order valence-corrected chi connectivity index (χ2v) is 7.68. The number of aryl methyl sites for hydroxylation is 1. The highest BCUT2D eigenvalue weighted by atomic mass is 19.4. The lowest BCUT2D eigenvalue weighted by atomic mass is 10.1. The zero-order valence-electron chi connectivity index (χ0n) is 18.1. The van der Waals surface area contributed by atoms with E-state index in [0.29, 0.717) is 22.2 Å². The third-order valence-electron chi connectivity index (χ3n) is 5.18. The van der Waals surface area contributed by atoms with E-state index in [1.807, 2.05) is 6.92 Å². The van der Waals surface area contributed by atoms with Gasteiger partial charge < -0.3 is 14.0 Å². The highest BCUT2D eigenvalue weighted by Gasteiger charge is 2.42. The number of hydrogen-bond acceptors (Lipinski definition) is 5.